The maximum absolute atomic E-state index is 12.8. The van der Waals surface area contributed by atoms with Gasteiger partial charge in [-0.2, -0.15) is 13.2 Å². The largest absolute Gasteiger partial charge is 0.496 e. The van der Waals surface area contributed by atoms with E-state index in [0.717, 1.165) is 12.1 Å². The molecule has 2 rings (SSSR count). The van der Waals surface area contributed by atoms with Gasteiger partial charge in [0.15, 0.2) is 0 Å². The average molecular weight is 394 g/mol. The molecular weight excluding hydrogens is 379 g/mol. The lowest BCUT2D eigenvalue weighted by Gasteiger charge is -2.18. The monoisotopic (exact) mass is 393 g/mol. The number of sulfonamides is 1. The van der Waals surface area contributed by atoms with Gasteiger partial charge in [-0.15, -0.1) is 0 Å². The van der Waals surface area contributed by atoms with Gasteiger partial charge >= 0.3 is 6.18 Å². The Labute approximate surface area is 148 Å². The van der Waals surface area contributed by atoms with Crippen molar-refractivity contribution in [1.82, 2.24) is 4.72 Å². The molecule has 25 heavy (non-hydrogen) atoms. The average Bonchev–Trinajstić information content (AvgIpc) is 2.53. The summed E-state index contributed by atoms with van der Waals surface area (Å²) < 4.78 is 71.0. The second-order valence-electron chi connectivity index (χ2n) is 5.23. The summed E-state index contributed by atoms with van der Waals surface area (Å²) in [6.45, 7) is 1.55. The topological polar surface area (TPSA) is 55.4 Å². The van der Waals surface area contributed by atoms with Crippen LogP contribution in [-0.2, 0) is 16.2 Å². The highest BCUT2D eigenvalue weighted by Gasteiger charge is 2.33. The Morgan fingerprint density at radius 2 is 1.80 bits per heavy atom. The summed E-state index contributed by atoms with van der Waals surface area (Å²) in [5.74, 6) is 0.452. The van der Waals surface area contributed by atoms with Gasteiger partial charge < -0.3 is 4.74 Å². The number of alkyl halides is 3. The van der Waals surface area contributed by atoms with Crippen molar-refractivity contribution in [2.24, 2.45) is 0 Å². The molecule has 0 spiro atoms. The highest BCUT2D eigenvalue weighted by Crippen LogP contribution is 2.34. The minimum Gasteiger partial charge on any atom is -0.496 e. The molecule has 0 radical (unpaired) electrons. The minimum absolute atomic E-state index is 0.298. The molecule has 1 N–H and O–H groups in total. The highest BCUT2D eigenvalue weighted by molar-refractivity contribution is 7.89. The van der Waals surface area contributed by atoms with Crippen molar-refractivity contribution in [2.45, 2.75) is 24.0 Å². The van der Waals surface area contributed by atoms with E-state index in [1.807, 2.05) is 0 Å². The summed E-state index contributed by atoms with van der Waals surface area (Å²) in [4.78, 5) is -0.634. The van der Waals surface area contributed by atoms with Crippen molar-refractivity contribution < 1.29 is 26.3 Å². The Bertz CT molecular complexity index is 869. The molecule has 2 aromatic rings. The number of rotatable bonds is 5. The second-order valence-corrected chi connectivity index (χ2v) is 7.32. The summed E-state index contributed by atoms with van der Waals surface area (Å²) >= 11 is 5.81. The van der Waals surface area contributed by atoms with E-state index in [-0.39, 0.29) is 5.02 Å². The van der Waals surface area contributed by atoms with E-state index in [2.05, 4.69) is 4.72 Å². The van der Waals surface area contributed by atoms with Crippen LogP contribution in [0, 0.1) is 0 Å². The van der Waals surface area contributed by atoms with Crippen molar-refractivity contribution >= 4 is 21.6 Å². The molecule has 0 fully saturated rings. The molecule has 136 valence electrons. The molecule has 1 atom stereocenters. The van der Waals surface area contributed by atoms with E-state index in [1.54, 1.807) is 31.2 Å². The van der Waals surface area contributed by atoms with Crippen LogP contribution in [0.5, 0.6) is 5.75 Å². The van der Waals surface area contributed by atoms with E-state index in [9.17, 15) is 21.6 Å². The molecule has 0 saturated carbocycles. The third-order valence-electron chi connectivity index (χ3n) is 3.49. The number of hydrogen-bond donors (Lipinski definition) is 1. The highest BCUT2D eigenvalue weighted by atomic mass is 35.5. The van der Waals surface area contributed by atoms with Crippen molar-refractivity contribution in [3.8, 4) is 5.75 Å². The molecule has 0 saturated heterocycles. The minimum atomic E-state index is -4.68. The van der Waals surface area contributed by atoms with Crippen LogP contribution in [0.3, 0.4) is 0 Å². The molecule has 0 heterocycles. The maximum Gasteiger partial charge on any atom is 0.416 e. The first-order valence-corrected chi connectivity index (χ1v) is 8.94. The van der Waals surface area contributed by atoms with Crippen LogP contribution in [0.2, 0.25) is 5.02 Å². The smallest absolute Gasteiger partial charge is 0.416 e. The van der Waals surface area contributed by atoms with E-state index >= 15 is 0 Å². The zero-order chi connectivity index (χ0) is 18.8. The second kappa shape index (κ2) is 7.23. The third kappa shape index (κ3) is 4.45. The Hall–Kier alpha value is -1.77. The van der Waals surface area contributed by atoms with Crippen LogP contribution in [0.15, 0.2) is 47.4 Å². The number of ether oxygens (including phenoxy) is 1. The fourth-order valence-corrected chi connectivity index (χ4v) is 4.02. The summed E-state index contributed by atoms with van der Waals surface area (Å²) in [7, 11) is -2.85. The van der Waals surface area contributed by atoms with Crippen molar-refractivity contribution in [3.63, 3.8) is 0 Å². The van der Waals surface area contributed by atoms with Crippen LogP contribution in [-0.4, -0.2) is 15.5 Å². The molecule has 0 aliphatic carbocycles. The Morgan fingerprint density at radius 1 is 1.16 bits per heavy atom. The van der Waals surface area contributed by atoms with Crippen LogP contribution in [0.4, 0.5) is 13.2 Å². The van der Waals surface area contributed by atoms with Gasteiger partial charge in [0.05, 0.1) is 17.7 Å². The Kier molecular flexibility index (Phi) is 5.65. The lowest BCUT2D eigenvalue weighted by atomic mass is 10.1. The fourth-order valence-electron chi connectivity index (χ4n) is 2.27. The summed E-state index contributed by atoms with van der Waals surface area (Å²) in [6, 6.07) is 8.12. The summed E-state index contributed by atoms with van der Waals surface area (Å²) in [6.07, 6.45) is -4.68. The van der Waals surface area contributed by atoms with Gasteiger partial charge in [-0.05, 0) is 31.2 Å². The normalized spacial score (nSPS) is 13.5. The molecule has 0 amide bonds. The lowest BCUT2D eigenvalue weighted by Crippen LogP contribution is -2.27. The Balaban J connectivity index is 2.39. The molecule has 1 unspecified atom stereocenters. The first kappa shape index (κ1) is 19.6. The molecule has 0 aromatic heterocycles. The first-order chi connectivity index (χ1) is 11.6. The Morgan fingerprint density at radius 3 is 2.40 bits per heavy atom. The van der Waals surface area contributed by atoms with Gasteiger partial charge in [0, 0.05) is 11.6 Å². The SMILES string of the molecule is COc1ccccc1C(C)NS(=O)(=O)c1cc(C(F)(F)F)ccc1Cl. The first-order valence-electron chi connectivity index (χ1n) is 7.08. The molecule has 2 aromatic carbocycles. The van der Waals surface area contributed by atoms with Gasteiger partial charge in [0.2, 0.25) is 10.0 Å². The van der Waals surface area contributed by atoms with Crippen LogP contribution < -0.4 is 9.46 Å². The number of nitrogens with one attached hydrogen (secondary N) is 1. The molecule has 0 aliphatic rings. The summed E-state index contributed by atoms with van der Waals surface area (Å²) in [5.41, 5.74) is -0.557. The number of halogens is 4. The quantitative estimate of drug-likeness (QED) is 0.818. The number of para-hydroxylation sites is 1. The van der Waals surface area contributed by atoms with Gasteiger partial charge in [-0.3, -0.25) is 0 Å². The molecular formula is C16H15ClF3NO3S. The molecule has 4 nitrogen and oxygen atoms in total. The van der Waals surface area contributed by atoms with Gasteiger partial charge in [-0.25, -0.2) is 13.1 Å². The van der Waals surface area contributed by atoms with E-state index in [1.165, 1.54) is 7.11 Å². The van der Waals surface area contributed by atoms with Gasteiger partial charge in [0.25, 0.3) is 0 Å². The standard InChI is InChI=1S/C16H15ClF3NO3S/c1-10(12-5-3-4-6-14(12)24-2)21-25(22,23)15-9-11(16(18,19)20)7-8-13(15)17/h3-10,21H,1-2H3. The van der Waals surface area contributed by atoms with Crippen molar-refractivity contribution in [3.05, 3.63) is 58.6 Å². The van der Waals surface area contributed by atoms with Crippen LogP contribution in [0.1, 0.15) is 24.1 Å². The number of methoxy groups -OCH3 is 1. The fraction of sp³-hybridized carbons (Fsp3) is 0.250. The maximum atomic E-state index is 12.8. The molecule has 9 heteroatoms. The zero-order valence-electron chi connectivity index (χ0n) is 13.3. The van der Waals surface area contributed by atoms with Crippen molar-refractivity contribution in [1.29, 1.82) is 0 Å². The van der Waals surface area contributed by atoms with E-state index < -0.39 is 32.7 Å². The van der Waals surface area contributed by atoms with Gasteiger partial charge in [0.1, 0.15) is 10.6 Å². The van der Waals surface area contributed by atoms with E-state index in [4.69, 9.17) is 16.3 Å². The molecule has 0 aliphatic heterocycles. The predicted molar refractivity (Wildman–Crippen MR) is 88.2 cm³/mol. The van der Waals surface area contributed by atoms with Crippen LogP contribution in [0.25, 0.3) is 0 Å². The summed E-state index contributed by atoms with van der Waals surface area (Å²) in [5, 5.41) is -0.298. The lowest BCUT2D eigenvalue weighted by molar-refractivity contribution is -0.137. The zero-order valence-corrected chi connectivity index (χ0v) is 14.8. The number of hydrogen-bond acceptors (Lipinski definition) is 3. The number of benzene rings is 2. The molecule has 0 bridgehead atoms. The van der Waals surface area contributed by atoms with Crippen LogP contribution >= 0.6 is 11.6 Å². The van der Waals surface area contributed by atoms with Gasteiger partial charge in [-0.1, -0.05) is 29.8 Å². The predicted octanol–water partition coefficient (Wildman–Crippen LogP) is 4.41. The third-order valence-corrected chi connectivity index (χ3v) is 5.51. The van der Waals surface area contributed by atoms with Crippen molar-refractivity contribution in [2.75, 3.05) is 7.11 Å². The van der Waals surface area contributed by atoms with E-state index in [0.29, 0.717) is 17.4 Å².